The molecule has 12 heteroatoms. The standard InChI is InChI=1S/C34H31BrF3N3O5/c35-27-13-7-23(8-14-27)21-33(32(43)41-39-22-24-9-15-29(16-10-24)46-34(36,37)38)30(25-5-2-1-3-6-25)45-31(40-33)26-11-17-28(18-12-26)44-20-4-19-42/h1-3,5-18,30,39,42H,4,19-22H2,(H,41,43)/t30-,33-/m0/s1. The molecule has 240 valence electrons. The number of ether oxygens (including phenoxy) is 3. The minimum absolute atomic E-state index is 0.0319. The number of hydrazine groups is 1. The summed E-state index contributed by atoms with van der Waals surface area (Å²) in [6, 6.07) is 29.4. The fraction of sp³-hybridized carbons (Fsp3) is 0.235. The van der Waals surface area contributed by atoms with Crippen LogP contribution in [0.4, 0.5) is 13.2 Å². The van der Waals surface area contributed by atoms with Crippen molar-refractivity contribution in [2.24, 2.45) is 4.99 Å². The van der Waals surface area contributed by atoms with Crippen molar-refractivity contribution in [2.75, 3.05) is 13.2 Å². The summed E-state index contributed by atoms with van der Waals surface area (Å²) in [7, 11) is 0. The summed E-state index contributed by atoms with van der Waals surface area (Å²) in [4.78, 5) is 19.2. The summed E-state index contributed by atoms with van der Waals surface area (Å²) in [6.45, 7) is 0.528. The van der Waals surface area contributed by atoms with Gasteiger partial charge in [0.2, 0.25) is 5.90 Å². The highest BCUT2D eigenvalue weighted by Gasteiger charge is 2.53. The Labute approximate surface area is 272 Å². The van der Waals surface area contributed by atoms with Crippen LogP contribution in [0.5, 0.6) is 11.5 Å². The molecule has 0 spiro atoms. The van der Waals surface area contributed by atoms with Gasteiger partial charge in [0, 0.05) is 36.0 Å². The number of halogens is 4. The van der Waals surface area contributed by atoms with E-state index in [0.717, 1.165) is 15.6 Å². The Morgan fingerprint density at radius 2 is 1.57 bits per heavy atom. The van der Waals surface area contributed by atoms with E-state index in [-0.39, 0.29) is 31.2 Å². The number of aliphatic hydroxyl groups excluding tert-OH is 1. The van der Waals surface area contributed by atoms with Crippen LogP contribution in [0, 0.1) is 0 Å². The average Bonchev–Trinajstić information content (AvgIpc) is 3.43. The summed E-state index contributed by atoms with van der Waals surface area (Å²) < 4.78 is 54.6. The molecular weight excluding hydrogens is 667 g/mol. The lowest BCUT2D eigenvalue weighted by Gasteiger charge is -2.31. The molecule has 4 aromatic carbocycles. The van der Waals surface area contributed by atoms with Crippen molar-refractivity contribution in [1.29, 1.82) is 0 Å². The van der Waals surface area contributed by atoms with Gasteiger partial charge in [0.05, 0.1) is 6.61 Å². The lowest BCUT2D eigenvalue weighted by molar-refractivity contribution is -0.274. The number of aliphatic hydroxyl groups is 1. The first-order valence-electron chi connectivity index (χ1n) is 14.4. The van der Waals surface area contributed by atoms with Crippen molar-refractivity contribution in [3.8, 4) is 11.5 Å². The van der Waals surface area contributed by atoms with Crippen LogP contribution in [0.3, 0.4) is 0 Å². The van der Waals surface area contributed by atoms with Gasteiger partial charge in [-0.1, -0.05) is 70.5 Å². The topological polar surface area (TPSA) is 101 Å². The van der Waals surface area contributed by atoms with Gasteiger partial charge in [0.1, 0.15) is 11.5 Å². The Kier molecular flexibility index (Phi) is 10.6. The predicted molar refractivity (Wildman–Crippen MR) is 169 cm³/mol. The van der Waals surface area contributed by atoms with Crippen LogP contribution >= 0.6 is 15.9 Å². The molecule has 0 aromatic heterocycles. The SMILES string of the molecule is O=C(NNCc1ccc(OC(F)(F)F)cc1)[C@@]1(Cc2ccc(Br)cc2)N=C(c2ccc(OCCCO)cc2)O[C@H]1c1ccccc1. The van der Waals surface area contributed by atoms with Crippen molar-refractivity contribution in [2.45, 2.75) is 37.4 Å². The maximum Gasteiger partial charge on any atom is 0.573 e. The molecule has 2 atom stereocenters. The second-order valence-electron chi connectivity index (χ2n) is 10.5. The van der Waals surface area contributed by atoms with Crippen molar-refractivity contribution >= 4 is 27.7 Å². The molecule has 1 aliphatic rings. The Morgan fingerprint density at radius 3 is 2.22 bits per heavy atom. The average molecular weight is 699 g/mol. The van der Waals surface area contributed by atoms with E-state index in [4.69, 9.17) is 19.6 Å². The Morgan fingerprint density at radius 1 is 0.913 bits per heavy atom. The molecule has 1 heterocycles. The summed E-state index contributed by atoms with van der Waals surface area (Å²) in [5.41, 5.74) is 7.08. The van der Waals surface area contributed by atoms with Crippen molar-refractivity contribution in [1.82, 2.24) is 10.9 Å². The van der Waals surface area contributed by atoms with Gasteiger partial charge in [-0.2, -0.15) is 0 Å². The number of hydrogen-bond acceptors (Lipinski definition) is 7. The molecule has 0 saturated heterocycles. The van der Waals surface area contributed by atoms with E-state index in [1.54, 1.807) is 24.3 Å². The van der Waals surface area contributed by atoms with Crippen LogP contribution < -0.4 is 20.3 Å². The summed E-state index contributed by atoms with van der Waals surface area (Å²) in [5, 5.41) is 9.03. The molecule has 5 rings (SSSR count). The quantitative estimate of drug-likeness (QED) is 0.110. The number of carbonyl (C=O) groups excluding carboxylic acids is 1. The number of carbonyl (C=O) groups is 1. The third-order valence-electron chi connectivity index (χ3n) is 7.17. The van der Waals surface area contributed by atoms with Crippen LogP contribution in [0.2, 0.25) is 0 Å². The highest BCUT2D eigenvalue weighted by molar-refractivity contribution is 9.10. The molecule has 1 aliphatic heterocycles. The third-order valence-corrected chi connectivity index (χ3v) is 7.70. The smallest absolute Gasteiger partial charge is 0.494 e. The van der Waals surface area contributed by atoms with Crippen LogP contribution in [0.25, 0.3) is 0 Å². The van der Waals surface area contributed by atoms with Gasteiger partial charge in [0.25, 0.3) is 5.91 Å². The highest BCUT2D eigenvalue weighted by Crippen LogP contribution is 2.42. The summed E-state index contributed by atoms with van der Waals surface area (Å²) in [6.07, 6.45) is -4.88. The number of benzene rings is 4. The molecule has 0 bridgehead atoms. The summed E-state index contributed by atoms with van der Waals surface area (Å²) in [5.74, 6) is 0.106. The normalized spacial score (nSPS) is 17.6. The molecular formula is C34H31BrF3N3O5. The van der Waals surface area contributed by atoms with Gasteiger partial charge in [0.15, 0.2) is 11.6 Å². The van der Waals surface area contributed by atoms with E-state index in [1.165, 1.54) is 24.3 Å². The maximum atomic E-state index is 14.2. The van der Waals surface area contributed by atoms with Crippen molar-refractivity contribution < 1.29 is 37.3 Å². The van der Waals surface area contributed by atoms with Gasteiger partial charge < -0.3 is 19.3 Å². The molecule has 0 saturated carbocycles. The van der Waals surface area contributed by atoms with Gasteiger partial charge in [-0.15, -0.1) is 13.2 Å². The molecule has 1 amide bonds. The number of aliphatic imine (C=N–C) groups is 1. The van der Waals surface area contributed by atoms with Gasteiger partial charge >= 0.3 is 6.36 Å². The van der Waals surface area contributed by atoms with Crippen LogP contribution in [-0.2, 0) is 22.5 Å². The number of nitrogens with zero attached hydrogens (tertiary/aromatic N) is 1. The molecule has 3 N–H and O–H groups in total. The highest BCUT2D eigenvalue weighted by atomic mass is 79.9. The summed E-state index contributed by atoms with van der Waals surface area (Å²) >= 11 is 3.46. The molecule has 4 aromatic rings. The van der Waals surface area contributed by atoms with Crippen LogP contribution in [0.1, 0.15) is 34.8 Å². The lowest BCUT2D eigenvalue weighted by atomic mass is 9.82. The van der Waals surface area contributed by atoms with E-state index >= 15 is 0 Å². The van der Waals surface area contributed by atoms with Crippen LogP contribution in [-0.4, -0.2) is 42.0 Å². The van der Waals surface area contributed by atoms with E-state index in [0.29, 0.717) is 29.9 Å². The third kappa shape index (κ3) is 8.45. The molecule has 8 nitrogen and oxygen atoms in total. The van der Waals surface area contributed by atoms with E-state index in [9.17, 15) is 18.0 Å². The minimum Gasteiger partial charge on any atom is -0.494 e. The van der Waals surface area contributed by atoms with E-state index in [2.05, 4.69) is 31.5 Å². The molecule has 0 aliphatic carbocycles. The van der Waals surface area contributed by atoms with Crippen molar-refractivity contribution in [3.05, 3.63) is 130 Å². The number of rotatable bonds is 13. The zero-order chi connectivity index (χ0) is 32.6. The van der Waals surface area contributed by atoms with E-state index < -0.39 is 23.9 Å². The van der Waals surface area contributed by atoms with Gasteiger partial charge in [-0.25, -0.2) is 10.4 Å². The first kappa shape index (κ1) is 33.0. The number of nitrogens with one attached hydrogen (secondary N) is 2. The molecule has 0 radical (unpaired) electrons. The van der Waals surface area contributed by atoms with Gasteiger partial charge in [-0.05, 0) is 65.2 Å². The number of amides is 1. The molecule has 0 fully saturated rings. The molecule has 46 heavy (non-hydrogen) atoms. The number of alkyl halides is 3. The zero-order valence-corrected chi connectivity index (χ0v) is 26.1. The Balaban J connectivity index is 1.43. The largest absolute Gasteiger partial charge is 0.573 e. The monoisotopic (exact) mass is 697 g/mol. The number of hydrogen-bond donors (Lipinski definition) is 3. The predicted octanol–water partition coefficient (Wildman–Crippen LogP) is 6.43. The second-order valence-corrected chi connectivity index (χ2v) is 11.4. The Bertz CT molecular complexity index is 1620. The second kappa shape index (κ2) is 14.8. The van der Waals surface area contributed by atoms with Crippen LogP contribution in [0.15, 0.2) is 113 Å². The first-order chi connectivity index (χ1) is 22.1. The van der Waals surface area contributed by atoms with E-state index in [1.807, 2.05) is 54.6 Å². The fourth-order valence-electron chi connectivity index (χ4n) is 4.97. The van der Waals surface area contributed by atoms with Gasteiger partial charge in [-0.3, -0.25) is 10.2 Å². The first-order valence-corrected chi connectivity index (χ1v) is 15.2. The minimum atomic E-state index is -4.79. The zero-order valence-electron chi connectivity index (χ0n) is 24.5. The fourth-order valence-corrected chi connectivity index (χ4v) is 5.23. The molecule has 0 unspecified atom stereocenters. The Hall–Kier alpha value is -4.39. The maximum absolute atomic E-state index is 14.2. The van der Waals surface area contributed by atoms with Crippen molar-refractivity contribution in [3.63, 3.8) is 0 Å². The lowest BCUT2D eigenvalue weighted by Crippen LogP contribution is -2.53.